The summed E-state index contributed by atoms with van der Waals surface area (Å²) >= 11 is 0. The third-order valence-electron chi connectivity index (χ3n) is 2.96. The van der Waals surface area contributed by atoms with Crippen molar-refractivity contribution in [2.75, 3.05) is 18.9 Å². The van der Waals surface area contributed by atoms with Crippen LogP contribution in [0.1, 0.15) is 36.5 Å². The smallest absolute Gasteiger partial charge is 0.251 e. The molecule has 0 fully saturated rings. The number of benzene rings is 1. The normalized spacial score (nSPS) is 12.1. The minimum Gasteiger partial charge on any atom is -0.399 e. The van der Waals surface area contributed by atoms with Gasteiger partial charge in [0.1, 0.15) is 0 Å². The minimum absolute atomic E-state index is 0.0888. The molecule has 18 heavy (non-hydrogen) atoms. The van der Waals surface area contributed by atoms with E-state index in [9.17, 15) is 4.79 Å². The lowest BCUT2D eigenvalue weighted by Gasteiger charge is -2.15. The zero-order valence-corrected chi connectivity index (χ0v) is 10.9. The molecule has 1 amide bonds. The first-order valence-corrected chi connectivity index (χ1v) is 6.42. The molecular formula is C14H22N2O2. The SMILES string of the molecule is CCCC(CCO)CNC(=O)c1ccc(N)cc1. The summed E-state index contributed by atoms with van der Waals surface area (Å²) in [5.41, 5.74) is 6.83. The molecule has 0 heterocycles. The van der Waals surface area contributed by atoms with E-state index in [4.69, 9.17) is 10.8 Å². The maximum Gasteiger partial charge on any atom is 0.251 e. The highest BCUT2D eigenvalue weighted by Gasteiger charge is 2.10. The van der Waals surface area contributed by atoms with Crippen LogP contribution in [0.5, 0.6) is 0 Å². The molecule has 1 atom stereocenters. The number of hydrogen-bond donors (Lipinski definition) is 3. The monoisotopic (exact) mass is 250 g/mol. The number of anilines is 1. The van der Waals surface area contributed by atoms with Crippen LogP contribution in [0.2, 0.25) is 0 Å². The van der Waals surface area contributed by atoms with Crippen molar-refractivity contribution in [2.45, 2.75) is 26.2 Å². The maximum atomic E-state index is 11.9. The second-order valence-corrected chi connectivity index (χ2v) is 4.50. The molecular weight excluding hydrogens is 228 g/mol. The lowest BCUT2D eigenvalue weighted by atomic mass is 10.00. The van der Waals surface area contributed by atoms with E-state index in [1.165, 1.54) is 0 Å². The Labute approximate surface area is 108 Å². The number of hydrogen-bond acceptors (Lipinski definition) is 3. The number of nitrogen functional groups attached to an aromatic ring is 1. The van der Waals surface area contributed by atoms with Crippen LogP contribution in [-0.2, 0) is 0 Å². The standard InChI is InChI=1S/C14H22N2O2/c1-2-3-11(8-9-17)10-16-14(18)12-4-6-13(15)7-5-12/h4-7,11,17H,2-3,8-10,15H2,1H3,(H,16,18). The zero-order valence-electron chi connectivity index (χ0n) is 10.9. The fourth-order valence-electron chi connectivity index (χ4n) is 1.91. The van der Waals surface area contributed by atoms with Gasteiger partial charge in [0.2, 0.25) is 0 Å². The van der Waals surface area contributed by atoms with Crippen molar-refractivity contribution in [1.29, 1.82) is 0 Å². The van der Waals surface area contributed by atoms with Gasteiger partial charge in [-0.3, -0.25) is 4.79 Å². The summed E-state index contributed by atoms with van der Waals surface area (Å²) in [7, 11) is 0. The molecule has 4 nitrogen and oxygen atoms in total. The van der Waals surface area contributed by atoms with Crippen LogP contribution in [0.3, 0.4) is 0 Å². The molecule has 1 rings (SSSR count). The van der Waals surface area contributed by atoms with E-state index in [-0.39, 0.29) is 12.5 Å². The molecule has 0 saturated carbocycles. The Morgan fingerprint density at radius 3 is 2.56 bits per heavy atom. The van der Waals surface area contributed by atoms with E-state index >= 15 is 0 Å². The fourth-order valence-corrected chi connectivity index (χ4v) is 1.91. The Bertz CT molecular complexity index is 357. The molecule has 100 valence electrons. The maximum absolute atomic E-state index is 11.9. The predicted octanol–water partition coefficient (Wildman–Crippen LogP) is 1.80. The van der Waals surface area contributed by atoms with Crippen molar-refractivity contribution in [3.63, 3.8) is 0 Å². The third kappa shape index (κ3) is 4.75. The minimum atomic E-state index is -0.0888. The van der Waals surface area contributed by atoms with E-state index in [2.05, 4.69) is 12.2 Å². The average Bonchev–Trinajstić information content (AvgIpc) is 2.37. The van der Waals surface area contributed by atoms with Crippen molar-refractivity contribution in [1.82, 2.24) is 5.32 Å². The molecule has 0 radical (unpaired) electrons. The molecule has 0 bridgehead atoms. The van der Waals surface area contributed by atoms with Gasteiger partial charge in [-0.1, -0.05) is 13.3 Å². The van der Waals surface area contributed by atoms with Gasteiger partial charge in [-0.2, -0.15) is 0 Å². The molecule has 1 aromatic rings. The second-order valence-electron chi connectivity index (χ2n) is 4.50. The third-order valence-corrected chi connectivity index (χ3v) is 2.96. The fraction of sp³-hybridized carbons (Fsp3) is 0.500. The van der Waals surface area contributed by atoms with Gasteiger partial charge in [-0.25, -0.2) is 0 Å². The first-order chi connectivity index (χ1) is 8.67. The highest BCUT2D eigenvalue weighted by atomic mass is 16.3. The van der Waals surface area contributed by atoms with Crippen molar-refractivity contribution in [2.24, 2.45) is 5.92 Å². The van der Waals surface area contributed by atoms with Crippen LogP contribution < -0.4 is 11.1 Å². The van der Waals surface area contributed by atoms with E-state index in [1.54, 1.807) is 24.3 Å². The van der Waals surface area contributed by atoms with Crippen LogP contribution in [0.25, 0.3) is 0 Å². The number of aliphatic hydroxyl groups excluding tert-OH is 1. The van der Waals surface area contributed by atoms with Crippen molar-refractivity contribution >= 4 is 11.6 Å². The molecule has 4 N–H and O–H groups in total. The second kappa shape index (κ2) is 7.71. The molecule has 0 aliphatic heterocycles. The number of rotatable bonds is 7. The van der Waals surface area contributed by atoms with Gasteiger partial charge in [-0.05, 0) is 43.0 Å². The molecule has 1 unspecified atom stereocenters. The average molecular weight is 250 g/mol. The number of carbonyl (C=O) groups is 1. The van der Waals surface area contributed by atoms with Crippen LogP contribution in [0.4, 0.5) is 5.69 Å². The summed E-state index contributed by atoms with van der Waals surface area (Å²) in [5.74, 6) is 0.256. The Balaban J connectivity index is 2.46. The number of nitrogens with one attached hydrogen (secondary N) is 1. The van der Waals surface area contributed by atoms with Gasteiger partial charge in [0.15, 0.2) is 0 Å². The van der Waals surface area contributed by atoms with Gasteiger partial charge in [0.25, 0.3) is 5.91 Å². The summed E-state index contributed by atoms with van der Waals surface area (Å²) in [6.07, 6.45) is 2.81. The van der Waals surface area contributed by atoms with Crippen LogP contribution in [0.15, 0.2) is 24.3 Å². The summed E-state index contributed by atoms with van der Waals surface area (Å²) in [4.78, 5) is 11.9. The Hall–Kier alpha value is -1.55. The number of amides is 1. The lowest BCUT2D eigenvalue weighted by molar-refractivity contribution is 0.0943. The van der Waals surface area contributed by atoms with Crippen molar-refractivity contribution < 1.29 is 9.90 Å². The highest BCUT2D eigenvalue weighted by molar-refractivity contribution is 5.94. The van der Waals surface area contributed by atoms with Gasteiger partial charge in [0, 0.05) is 24.4 Å². The van der Waals surface area contributed by atoms with E-state index in [0.29, 0.717) is 23.7 Å². The number of carbonyl (C=O) groups excluding carboxylic acids is 1. The zero-order chi connectivity index (χ0) is 13.4. The molecule has 1 aromatic carbocycles. The van der Waals surface area contributed by atoms with Gasteiger partial charge in [-0.15, -0.1) is 0 Å². The Morgan fingerprint density at radius 1 is 1.33 bits per heavy atom. The first kappa shape index (κ1) is 14.5. The molecule has 0 aliphatic carbocycles. The number of nitrogens with two attached hydrogens (primary N) is 1. The van der Waals surface area contributed by atoms with E-state index < -0.39 is 0 Å². The summed E-state index contributed by atoms with van der Waals surface area (Å²) in [6, 6.07) is 6.86. The topological polar surface area (TPSA) is 75.3 Å². The molecule has 0 aliphatic rings. The van der Waals surface area contributed by atoms with E-state index in [0.717, 1.165) is 19.3 Å². The summed E-state index contributed by atoms with van der Waals surface area (Å²) < 4.78 is 0. The van der Waals surface area contributed by atoms with Gasteiger partial charge >= 0.3 is 0 Å². The number of aliphatic hydroxyl groups is 1. The highest BCUT2D eigenvalue weighted by Crippen LogP contribution is 2.10. The van der Waals surface area contributed by atoms with Crippen LogP contribution in [0, 0.1) is 5.92 Å². The van der Waals surface area contributed by atoms with Crippen LogP contribution in [-0.4, -0.2) is 24.2 Å². The predicted molar refractivity (Wildman–Crippen MR) is 73.3 cm³/mol. The summed E-state index contributed by atoms with van der Waals surface area (Å²) in [5, 5.41) is 11.8. The molecule has 0 aromatic heterocycles. The molecule has 4 heteroatoms. The first-order valence-electron chi connectivity index (χ1n) is 6.42. The Morgan fingerprint density at radius 2 is 2.00 bits per heavy atom. The summed E-state index contributed by atoms with van der Waals surface area (Å²) in [6.45, 7) is 2.88. The Kier molecular flexibility index (Phi) is 6.22. The largest absolute Gasteiger partial charge is 0.399 e. The van der Waals surface area contributed by atoms with Crippen molar-refractivity contribution in [3.05, 3.63) is 29.8 Å². The lowest BCUT2D eigenvalue weighted by Crippen LogP contribution is -2.29. The van der Waals surface area contributed by atoms with Gasteiger partial charge < -0.3 is 16.2 Å². The van der Waals surface area contributed by atoms with Crippen LogP contribution >= 0.6 is 0 Å². The van der Waals surface area contributed by atoms with E-state index in [1.807, 2.05) is 0 Å². The van der Waals surface area contributed by atoms with Crippen molar-refractivity contribution in [3.8, 4) is 0 Å². The van der Waals surface area contributed by atoms with Gasteiger partial charge in [0.05, 0.1) is 0 Å². The molecule has 0 saturated heterocycles. The quantitative estimate of drug-likeness (QED) is 0.646. The molecule has 0 spiro atoms.